The topological polar surface area (TPSA) is 60.2 Å². The highest BCUT2D eigenvalue weighted by molar-refractivity contribution is 5.38. The molecule has 5 heteroatoms. The number of nitrogens with one attached hydrogen (secondary N) is 1. The lowest BCUT2D eigenvalue weighted by Gasteiger charge is -2.11. The van der Waals surface area contributed by atoms with E-state index in [0.29, 0.717) is 19.1 Å². The SMILES string of the molecule is CNC1COCC1c1nc(C2CCc3ccccc32)no1. The van der Waals surface area contributed by atoms with Gasteiger partial charge in [0.25, 0.3) is 0 Å². The first-order valence-electron chi connectivity index (χ1n) is 7.53. The van der Waals surface area contributed by atoms with Crippen LogP contribution in [0.1, 0.15) is 41.1 Å². The molecule has 0 spiro atoms. The fraction of sp³-hybridized carbons (Fsp3) is 0.500. The van der Waals surface area contributed by atoms with Crippen LogP contribution in [0.4, 0.5) is 0 Å². The van der Waals surface area contributed by atoms with Crippen LogP contribution >= 0.6 is 0 Å². The predicted octanol–water partition coefficient (Wildman–Crippen LogP) is 1.85. The van der Waals surface area contributed by atoms with Crippen LogP contribution in [0, 0.1) is 0 Å². The molecule has 2 heterocycles. The lowest BCUT2D eigenvalue weighted by atomic mass is 10.0. The highest BCUT2D eigenvalue weighted by Crippen LogP contribution is 2.37. The van der Waals surface area contributed by atoms with Gasteiger partial charge >= 0.3 is 0 Å². The van der Waals surface area contributed by atoms with Gasteiger partial charge < -0.3 is 14.6 Å². The Morgan fingerprint density at radius 1 is 1.24 bits per heavy atom. The van der Waals surface area contributed by atoms with E-state index >= 15 is 0 Å². The lowest BCUT2D eigenvalue weighted by molar-refractivity contribution is 0.185. The van der Waals surface area contributed by atoms with Crippen molar-refractivity contribution in [1.82, 2.24) is 15.5 Å². The first kappa shape index (κ1) is 13.0. The van der Waals surface area contributed by atoms with E-state index in [9.17, 15) is 0 Å². The van der Waals surface area contributed by atoms with Gasteiger partial charge in [0.1, 0.15) is 0 Å². The van der Waals surface area contributed by atoms with E-state index in [2.05, 4.69) is 39.7 Å². The van der Waals surface area contributed by atoms with Crippen molar-refractivity contribution in [2.45, 2.75) is 30.7 Å². The Morgan fingerprint density at radius 2 is 2.14 bits per heavy atom. The smallest absolute Gasteiger partial charge is 0.233 e. The van der Waals surface area contributed by atoms with E-state index in [-0.39, 0.29) is 17.9 Å². The number of rotatable bonds is 3. The van der Waals surface area contributed by atoms with Crippen molar-refractivity contribution in [1.29, 1.82) is 0 Å². The second-order valence-corrected chi connectivity index (χ2v) is 5.82. The molecule has 1 aliphatic heterocycles. The van der Waals surface area contributed by atoms with E-state index in [1.165, 1.54) is 11.1 Å². The van der Waals surface area contributed by atoms with Crippen molar-refractivity contribution < 1.29 is 9.26 Å². The van der Waals surface area contributed by atoms with Crippen molar-refractivity contribution in [3.63, 3.8) is 0 Å². The molecule has 1 fully saturated rings. The molecule has 4 rings (SSSR count). The van der Waals surface area contributed by atoms with Crippen molar-refractivity contribution in [2.75, 3.05) is 20.3 Å². The molecule has 5 nitrogen and oxygen atoms in total. The summed E-state index contributed by atoms with van der Waals surface area (Å²) in [5.41, 5.74) is 2.75. The number of likely N-dealkylation sites (N-methyl/N-ethyl adjacent to an activating group) is 1. The number of hydrogen-bond acceptors (Lipinski definition) is 5. The van der Waals surface area contributed by atoms with Crippen LogP contribution in [0.15, 0.2) is 28.8 Å². The fourth-order valence-electron chi connectivity index (χ4n) is 3.45. The molecular formula is C16H19N3O2. The van der Waals surface area contributed by atoms with E-state index < -0.39 is 0 Å². The van der Waals surface area contributed by atoms with E-state index in [1.807, 2.05) is 7.05 Å². The van der Waals surface area contributed by atoms with Crippen LogP contribution in [-0.2, 0) is 11.2 Å². The van der Waals surface area contributed by atoms with Gasteiger partial charge in [0, 0.05) is 12.0 Å². The molecule has 3 unspecified atom stereocenters. The number of aryl methyl sites for hydroxylation is 1. The average molecular weight is 285 g/mol. The monoisotopic (exact) mass is 285 g/mol. The molecule has 3 atom stereocenters. The van der Waals surface area contributed by atoms with Gasteiger partial charge in [-0.25, -0.2) is 0 Å². The van der Waals surface area contributed by atoms with Gasteiger partial charge in [0.05, 0.1) is 19.1 Å². The predicted molar refractivity (Wildman–Crippen MR) is 77.3 cm³/mol. The molecular weight excluding hydrogens is 266 g/mol. The zero-order valence-electron chi connectivity index (χ0n) is 12.1. The van der Waals surface area contributed by atoms with Crippen LogP contribution in [0.5, 0.6) is 0 Å². The fourth-order valence-corrected chi connectivity index (χ4v) is 3.45. The highest BCUT2D eigenvalue weighted by atomic mass is 16.5. The normalized spacial score (nSPS) is 28.0. The number of nitrogens with zero attached hydrogens (tertiary/aromatic N) is 2. The molecule has 110 valence electrons. The largest absolute Gasteiger partial charge is 0.379 e. The zero-order chi connectivity index (χ0) is 14.2. The number of ether oxygens (including phenoxy) is 1. The van der Waals surface area contributed by atoms with Crippen molar-refractivity contribution in [3.8, 4) is 0 Å². The molecule has 1 aliphatic carbocycles. The van der Waals surface area contributed by atoms with Gasteiger partial charge in [0.15, 0.2) is 5.82 Å². The van der Waals surface area contributed by atoms with Crippen molar-refractivity contribution >= 4 is 0 Å². The van der Waals surface area contributed by atoms with E-state index in [1.54, 1.807) is 0 Å². The molecule has 1 aromatic carbocycles. The van der Waals surface area contributed by atoms with Crippen LogP contribution in [-0.4, -0.2) is 36.4 Å². The molecule has 1 saturated heterocycles. The Kier molecular flexibility index (Phi) is 3.24. The van der Waals surface area contributed by atoms with Crippen molar-refractivity contribution in [3.05, 3.63) is 47.1 Å². The first-order chi connectivity index (χ1) is 10.4. The molecule has 0 radical (unpaired) electrons. The maximum absolute atomic E-state index is 5.53. The maximum Gasteiger partial charge on any atom is 0.233 e. The minimum absolute atomic E-state index is 0.160. The number of hydrogen-bond donors (Lipinski definition) is 1. The summed E-state index contributed by atoms with van der Waals surface area (Å²) >= 11 is 0. The number of benzene rings is 1. The van der Waals surface area contributed by atoms with Gasteiger partial charge in [-0.1, -0.05) is 29.4 Å². The summed E-state index contributed by atoms with van der Waals surface area (Å²) < 4.78 is 11.0. The summed E-state index contributed by atoms with van der Waals surface area (Å²) in [5.74, 6) is 1.95. The highest BCUT2D eigenvalue weighted by Gasteiger charge is 2.34. The standard InChI is InChI=1S/C16H19N3O2/c1-17-14-9-20-8-13(14)16-18-15(19-21-16)12-7-6-10-4-2-3-5-11(10)12/h2-5,12-14,17H,6-9H2,1H3. The minimum Gasteiger partial charge on any atom is -0.379 e. The van der Waals surface area contributed by atoms with Crippen LogP contribution in [0.25, 0.3) is 0 Å². The third-order valence-corrected chi connectivity index (χ3v) is 4.67. The molecule has 0 saturated carbocycles. The van der Waals surface area contributed by atoms with Crippen molar-refractivity contribution in [2.24, 2.45) is 0 Å². The second-order valence-electron chi connectivity index (χ2n) is 5.82. The summed E-state index contributed by atoms with van der Waals surface area (Å²) in [6, 6.07) is 8.81. The molecule has 2 aliphatic rings. The van der Waals surface area contributed by atoms with Gasteiger partial charge in [-0.05, 0) is 31.0 Å². The Balaban J connectivity index is 1.61. The summed E-state index contributed by atoms with van der Waals surface area (Å²) in [4.78, 5) is 4.67. The molecule has 0 bridgehead atoms. The Hall–Kier alpha value is -1.72. The third kappa shape index (κ3) is 2.17. The molecule has 0 amide bonds. The zero-order valence-corrected chi connectivity index (χ0v) is 12.1. The van der Waals surface area contributed by atoms with Gasteiger partial charge in [-0.3, -0.25) is 0 Å². The molecule has 1 aromatic heterocycles. The van der Waals surface area contributed by atoms with Crippen LogP contribution in [0.3, 0.4) is 0 Å². The van der Waals surface area contributed by atoms with Gasteiger partial charge in [0.2, 0.25) is 5.89 Å². The van der Waals surface area contributed by atoms with E-state index in [0.717, 1.165) is 18.7 Å². The quantitative estimate of drug-likeness (QED) is 0.932. The summed E-state index contributed by atoms with van der Waals surface area (Å²) in [6.07, 6.45) is 2.16. The average Bonchev–Trinajstić information content (AvgIpc) is 3.24. The summed E-state index contributed by atoms with van der Waals surface area (Å²) in [5, 5.41) is 7.50. The molecule has 2 aromatic rings. The molecule has 21 heavy (non-hydrogen) atoms. The minimum atomic E-state index is 0.160. The van der Waals surface area contributed by atoms with E-state index in [4.69, 9.17) is 9.26 Å². The summed E-state index contributed by atoms with van der Waals surface area (Å²) in [6.45, 7) is 1.35. The number of fused-ring (bicyclic) bond motifs is 1. The summed E-state index contributed by atoms with van der Waals surface area (Å²) in [7, 11) is 1.94. The van der Waals surface area contributed by atoms with Gasteiger partial charge in [-0.15, -0.1) is 0 Å². The number of aromatic nitrogens is 2. The Labute approximate surface area is 123 Å². The third-order valence-electron chi connectivity index (χ3n) is 4.67. The van der Waals surface area contributed by atoms with Crippen LogP contribution < -0.4 is 5.32 Å². The second kappa shape index (κ2) is 5.24. The van der Waals surface area contributed by atoms with Gasteiger partial charge in [-0.2, -0.15) is 4.98 Å². The maximum atomic E-state index is 5.53. The lowest BCUT2D eigenvalue weighted by Crippen LogP contribution is -2.31. The molecule has 1 N–H and O–H groups in total. The Bertz CT molecular complexity index is 640. The first-order valence-corrected chi connectivity index (χ1v) is 7.53. The van der Waals surface area contributed by atoms with Crippen LogP contribution in [0.2, 0.25) is 0 Å². The Morgan fingerprint density at radius 3 is 3.05 bits per heavy atom.